The molecule has 2 heterocycles. The quantitative estimate of drug-likeness (QED) is 0.154. The van der Waals surface area contributed by atoms with E-state index in [2.05, 4.69) is 45.0 Å². The Balaban J connectivity index is 1.45. The summed E-state index contributed by atoms with van der Waals surface area (Å²) < 4.78 is 19.2. The molecule has 10 nitrogen and oxygen atoms in total. The number of benzene rings is 3. The number of nitro benzene ring substituents is 1. The van der Waals surface area contributed by atoms with Gasteiger partial charge in [-0.2, -0.15) is 0 Å². The number of ketones is 1. The highest BCUT2D eigenvalue weighted by molar-refractivity contribution is 6.99. The minimum Gasteiger partial charge on any atom is -0.450 e. The number of Topliss-reactive ketones (excluding diaryl/α,β-unsaturated/α-hetero) is 1. The smallest absolute Gasteiger partial charge is 0.410 e. The molecule has 0 radical (unpaired) electrons. The Morgan fingerprint density at radius 2 is 1.53 bits per heavy atom. The standard InChI is InChI=1S/C34H34N2O8Si/c1-21(37)27-28-26(44-45(34(2,3)4,24-11-7-5-8-12-24)25-13-9-6-10-14-25)19-20-35-29(28)31(43-33(35)39)30(27)42-32(38)22-15-17-23(18-16-22)36(40)41/h5-18,26,29-31H,19-20H2,1-4H3/t26-,29-,30-,31-/m0/s1. The molecule has 2 fully saturated rings. The molecule has 3 aromatic carbocycles. The fraction of sp³-hybridized carbons (Fsp3) is 0.324. The van der Waals surface area contributed by atoms with Crippen LogP contribution in [0.3, 0.4) is 0 Å². The van der Waals surface area contributed by atoms with E-state index in [0.717, 1.165) is 10.4 Å². The van der Waals surface area contributed by atoms with E-state index in [1.54, 1.807) is 4.90 Å². The number of hydrogen-bond donors (Lipinski definition) is 0. The molecule has 3 aromatic rings. The van der Waals surface area contributed by atoms with Crippen molar-refractivity contribution in [2.75, 3.05) is 6.54 Å². The minimum absolute atomic E-state index is 0.0738. The summed E-state index contributed by atoms with van der Waals surface area (Å²) in [5.41, 5.74) is 0.776. The first kappa shape index (κ1) is 30.4. The number of hydrogen-bond acceptors (Lipinski definition) is 8. The predicted octanol–water partition coefficient (Wildman–Crippen LogP) is 4.56. The third-order valence-electron chi connectivity index (χ3n) is 8.97. The molecule has 11 heteroatoms. The number of esters is 1. The number of piperidine rings is 1. The summed E-state index contributed by atoms with van der Waals surface area (Å²) in [5.74, 6) is -1.10. The lowest BCUT2D eigenvalue weighted by Gasteiger charge is -2.47. The van der Waals surface area contributed by atoms with Gasteiger partial charge in [-0.05, 0) is 46.5 Å². The molecule has 0 spiro atoms. The molecular formula is C34H34N2O8Si. The molecule has 0 N–H and O–H groups in total. The number of ether oxygens (including phenoxy) is 2. The van der Waals surface area contributed by atoms with Crippen molar-refractivity contribution in [3.05, 3.63) is 112 Å². The molecule has 0 bridgehead atoms. The Bertz CT molecular complexity index is 1650. The van der Waals surface area contributed by atoms with E-state index in [4.69, 9.17) is 13.9 Å². The van der Waals surface area contributed by atoms with Gasteiger partial charge in [0.1, 0.15) is 6.04 Å². The van der Waals surface area contributed by atoms with E-state index < -0.39 is 49.7 Å². The van der Waals surface area contributed by atoms with Crippen molar-refractivity contribution < 1.29 is 33.2 Å². The van der Waals surface area contributed by atoms with Gasteiger partial charge in [-0.15, -0.1) is 0 Å². The van der Waals surface area contributed by atoms with Gasteiger partial charge in [0, 0.05) is 24.3 Å². The summed E-state index contributed by atoms with van der Waals surface area (Å²) in [5, 5.41) is 12.9. The highest BCUT2D eigenvalue weighted by Crippen LogP contribution is 2.48. The molecule has 1 amide bonds. The molecular weight excluding hydrogens is 592 g/mol. The van der Waals surface area contributed by atoms with Crippen LogP contribution in [0.2, 0.25) is 5.04 Å². The van der Waals surface area contributed by atoms with Crippen molar-refractivity contribution in [3.8, 4) is 0 Å². The maximum absolute atomic E-state index is 13.4. The molecule has 0 unspecified atom stereocenters. The zero-order valence-corrected chi connectivity index (χ0v) is 26.5. The molecule has 0 saturated carbocycles. The number of nitro groups is 1. The van der Waals surface area contributed by atoms with Crippen LogP contribution in [-0.4, -0.2) is 66.9 Å². The first-order valence-corrected chi connectivity index (χ1v) is 16.8. The van der Waals surface area contributed by atoms with E-state index in [0.29, 0.717) is 18.5 Å². The van der Waals surface area contributed by atoms with E-state index in [1.807, 2.05) is 36.4 Å². The average Bonchev–Trinajstić information content (AvgIpc) is 3.52. The molecule has 0 aromatic heterocycles. The molecule has 2 aliphatic heterocycles. The molecule has 232 valence electrons. The van der Waals surface area contributed by atoms with Crippen molar-refractivity contribution in [2.45, 2.75) is 63.5 Å². The van der Waals surface area contributed by atoms with Gasteiger partial charge in [-0.25, -0.2) is 9.59 Å². The van der Waals surface area contributed by atoms with E-state index in [1.165, 1.54) is 31.2 Å². The van der Waals surface area contributed by atoms with Crippen LogP contribution in [-0.2, 0) is 18.7 Å². The molecule has 2 saturated heterocycles. The summed E-state index contributed by atoms with van der Waals surface area (Å²) in [4.78, 5) is 51.9. The number of rotatable bonds is 8. The first-order valence-electron chi connectivity index (χ1n) is 14.9. The van der Waals surface area contributed by atoms with Crippen LogP contribution in [0.4, 0.5) is 10.5 Å². The van der Waals surface area contributed by atoms with Crippen molar-refractivity contribution in [3.63, 3.8) is 0 Å². The van der Waals surface area contributed by atoms with Gasteiger partial charge in [0.15, 0.2) is 18.0 Å². The van der Waals surface area contributed by atoms with E-state index in [9.17, 15) is 24.5 Å². The normalized spacial score (nSPS) is 22.6. The van der Waals surface area contributed by atoms with Crippen LogP contribution in [0.1, 0.15) is 44.5 Å². The highest BCUT2D eigenvalue weighted by Gasteiger charge is 2.62. The monoisotopic (exact) mass is 626 g/mol. The average molecular weight is 627 g/mol. The fourth-order valence-electron chi connectivity index (χ4n) is 7.06. The van der Waals surface area contributed by atoms with Crippen molar-refractivity contribution in [1.82, 2.24) is 4.90 Å². The van der Waals surface area contributed by atoms with E-state index in [-0.39, 0.29) is 27.6 Å². The Kier molecular flexibility index (Phi) is 7.70. The summed E-state index contributed by atoms with van der Waals surface area (Å²) in [6.45, 7) is 8.27. The summed E-state index contributed by atoms with van der Waals surface area (Å²) in [7, 11) is -3.08. The zero-order chi connectivity index (χ0) is 32.1. The lowest BCUT2D eigenvalue weighted by molar-refractivity contribution is -0.384. The number of carbonyl (C=O) groups excluding carboxylic acids is 3. The number of carbonyl (C=O) groups is 3. The zero-order valence-electron chi connectivity index (χ0n) is 25.5. The van der Waals surface area contributed by atoms with Crippen molar-refractivity contribution in [1.29, 1.82) is 0 Å². The van der Waals surface area contributed by atoms with Crippen LogP contribution in [0.15, 0.2) is 96.1 Å². The van der Waals surface area contributed by atoms with Gasteiger partial charge in [0.25, 0.3) is 14.0 Å². The second kappa shape index (κ2) is 11.4. The van der Waals surface area contributed by atoms with Gasteiger partial charge in [-0.3, -0.25) is 19.8 Å². The SMILES string of the molecule is CC(=O)C1=C2[C@@H](O[Si](c3ccccc3)(c3ccccc3)C(C)(C)C)CCN3C(=O)O[C@H]([C@H]1OC(=O)c1ccc([N+](=O)[O-])cc1)[C@H]23. The first-order chi connectivity index (χ1) is 21.4. The lowest BCUT2D eigenvalue weighted by Crippen LogP contribution is -2.68. The van der Waals surface area contributed by atoms with Crippen LogP contribution in [0, 0.1) is 10.1 Å². The maximum atomic E-state index is 13.4. The van der Waals surface area contributed by atoms with E-state index >= 15 is 0 Å². The maximum Gasteiger partial charge on any atom is 0.410 e. The summed E-state index contributed by atoms with van der Waals surface area (Å²) in [6.07, 6.45) is -2.76. The summed E-state index contributed by atoms with van der Waals surface area (Å²) in [6, 6.07) is 24.7. The largest absolute Gasteiger partial charge is 0.450 e. The second-order valence-corrected chi connectivity index (χ2v) is 16.9. The van der Waals surface area contributed by atoms with Gasteiger partial charge in [-0.1, -0.05) is 81.4 Å². The van der Waals surface area contributed by atoms with Gasteiger partial charge in [0.2, 0.25) is 0 Å². The number of nitrogens with zero attached hydrogens (tertiary/aromatic N) is 2. The molecule has 45 heavy (non-hydrogen) atoms. The van der Waals surface area contributed by atoms with Gasteiger partial charge in [0.05, 0.1) is 16.6 Å². The fourth-order valence-corrected chi connectivity index (χ4v) is 11.8. The lowest BCUT2D eigenvalue weighted by atomic mass is 9.93. The Morgan fingerprint density at radius 1 is 0.956 bits per heavy atom. The molecule has 3 aliphatic rings. The predicted molar refractivity (Wildman–Crippen MR) is 168 cm³/mol. The third kappa shape index (κ3) is 5.05. The van der Waals surface area contributed by atoms with Crippen LogP contribution in [0.5, 0.6) is 0 Å². The number of non-ortho nitro benzene ring substituents is 1. The second-order valence-electron chi connectivity index (χ2n) is 12.6. The summed E-state index contributed by atoms with van der Waals surface area (Å²) >= 11 is 0. The van der Waals surface area contributed by atoms with Crippen LogP contribution in [0.25, 0.3) is 0 Å². The highest BCUT2D eigenvalue weighted by atomic mass is 28.4. The Hall–Kier alpha value is -4.61. The van der Waals surface area contributed by atoms with Crippen LogP contribution >= 0.6 is 0 Å². The van der Waals surface area contributed by atoms with Gasteiger partial charge < -0.3 is 13.9 Å². The molecule has 1 aliphatic carbocycles. The molecule has 6 rings (SSSR count). The molecule has 4 atom stereocenters. The van der Waals surface area contributed by atoms with Crippen molar-refractivity contribution >= 4 is 42.2 Å². The van der Waals surface area contributed by atoms with Gasteiger partial charge >= 0.3 is 12.1 Å². The van der Waals surface area contributed by atoms with Crippen LogP contribution < -0.4 is 10.4 Å². The topological polar surface area (TPSA) is 125 Å². The Morgan fingerprint density at radius 3 is 2.04 bits per heavy atom. The minimum atomic E-state index is -3.08. The Labute approximate surface area is 261 Å². The third-order valence-corrected chi connectivity index (χ3v) is 14.0. The number of amides is 1. The van der Waals surface area contributed by atoms with Crippen molar-refractivity contribution in [2.24, 2.45) is 0 Å².